The molecule has 2 aromatic heterocycles. The molecule has 0 atom stereocenters. The van der Waals surface area contributed by atoms with Crippen molar-refractivity contribution in [2.45, 2.75) is 26.8 Å². The largest absolute Gasteiger partial charge is 0.339 e. The minimum Gasteiger partial charge on any atom is -0.339 e. The molecule has 0 bridgehead atoms. The predicted molar refractivity (Wildman–Crippen MR) is 70.6 cm³/mol. The molecule has 0 spiro atoms. The number of rotatable bonds is 3. The van der Waals surface area contributed by atoms with Gasteiger partial charge in [0.1, 0.15) is 6.54 Å². The molecule has 2 rings (SSSR count). The summed E-state index contributed by atoms with van der Waals surface area (Å²) in [5.74, 6) is -0.277. The maximum Gasteiger partial charge on any atom is 0.252 e. The number of hydrogen-bond acceptors (Lipinski definition) is 4. The van der Waals surface area contributed by atoms with E-state index in [1.807, 2.05) is 26.8 Å². The zero-order valence-electron chi connectivity index (χ0n) is 11.1. The summed E-state index contributed by atoms with van der Waals surface area (Å²) < 4.78 is 1.78. The Kier molecular flexibility index (Phi) is 3.47. The molecule has 0 fully saturated rings. The monoisotopic (exact) mass is 257 g/mol. The lowest BCUT2D eigenvalue weighted by molar-refractivity contribution is 0.0960. The van der Waals surface area contributed by atoms with Gasteiger partial charge in [-0.2, -0.15) is 10.4 Å². The molecule has 1 amide bonds. The quantitative estimate of drug-likeness (QED) is 0.846. The van der Waals surface area contributed by atoms with Crippen LogP contribution in [0.15, 0.2) is 12.3 Å². The highest BCUT2D eigenvalue weighted by Gasteiger charge is 2.16. The summed E-state index contributed by atoms with van der Waals surface area (Å²) in [5.41, 5.74) is 1.94. The summed E-state index contributed by atoms with van der Waals surface area (Å²) in [6.07, 6.45) is 1.64. The van der Waals surface area contributed by atoms with Gasteiger partial charge in [0.05, 0.1) is 23.2 Å². The van der Waals surface area contributed by atoms with Crippen molar-refractivity contribution in [1.82, 2.24) is 20.1 Å². The Morgan fingerprint density at radius 2 is 2.32 bits per heavy atom. The van der Waals surface area contributed by atoms with Crippen LogP contribution in [0.1, 0.15) is 35.9 Å². The number of carbonyl (C=O) groups excluding carboxylic acids is 1. The highest BCUT2D eigenvalue weighted by Crippen LogP contribution is 2.20. The van der Waals surface area contributed by atoms with Gasteiger partial charge < -0.3 is 5.32 Å². The van der Waals surface area contributed by atoms with Gasteiger partial charge in [-0.15, -0.1) is 0 Å². The van der Waals surface area contributed by atoms with E-state index in [0.717, 1.165) is 5.69 Å². The highest BCUT2D eigenvalue weighted by atomic mass is 16.1. The normalized spacial score (nSPS) is 10.7. The summed E-state index contributed by atoms with van der Waals surface area (Å²) in [7, 11) is 0. The van der Waals surface area contributed by atoms with Crippen molar-refractivity contribution in [3.8, 4) is 6.07 Å². The van der Waals surface area contributed by atoms with Crippen molar-refractivity contribution in [3.05, 3.63) is 23.5 Å². The highest BCUT2D eigenvalue weighted by molar-refractivity contribution is 6.05. The SMILES string of the molecule is Cc1cc(C(=O)NCC#N)c2cnn(C(C)C)c2n1. The number of nitriles is 1. The first-order chi connectivity index (χ1) is 9.04. The van der Waals surface area contributed by atoms with E-state index >= 15 is 0 Å². The molecule has 6 heteroatoms. The van der Waals surface area contributed by atoms with Gasteiger partial charge in [0.2, 0.25) is 0 Å². The number of hydrogen-bond donors (Lipinski definition) is 1. The molecular formula is C13H15N5O. The third-order valence-corrected chi connectivity index (χ3v) is 2.76. The van der Waals surface area contributed by atoms with Gasteiger partial charge in [0.15, 0.2) is 5.65 Å². The van der Waals surface area contributed by atoms with Crippen LogP contribution in [-0.4, -0.2) is 27.2 Å². The summed E-state index contributed by atoms with van der Waals surface area (Å²) in [6, 6.07) is 3.76. The third kappa shape index (κ3) is 2.40. The molecule has 98 valence electrons. The topological polar surface area (TPSA) is 83.6 Å². The fraction of sp³-hybridized carbons (Fsp3) is 0.385. The van der Waals surface area contributed by atoms with E-state index in [2.05, 4.69) is 15.4 Å². The molecule has 0 saturated carbocycles. The summed E-state index contributed by atoms with van der Waals surface area (Å²) >= 11 is 0. The van der Waals surface area contributed by atoms with Gasteiger partial charge in [-0.05, 0) is 26.8 Å². The van der Waals surface area contributed by atoms with Gasteiger partial charge in [-0.1, -0.05) is 0 Å². The minimum atomic E-state index is -0.277. The molecule has 0 radical (unpaired) electrons. The minimum absolute atomic E-state index is 0.0139. The van der Waals surface area contributed by atoms with E-state index in [-0.39, 0.29) is 18.5 Å². The van der Waals surface area contributed by atoms with E-state index in [9.17, 15) is 4.79 Å². The zero-order valence-corrected chi connectivity index (χ0v) is 11.1. The van der Waals surface area contributed by atoms with Crippen molar-refractivity contribution >= 4 is 16.9 Å². The second kappa shape index (κ2) is 5.06. The number of nitrogens with one attached hydrogen (secondary N) is 1. The number of aryl methyl sites for hydroxylation is 1. The van der Waals surface area contributed by atoms with Crippen LogP contribution in [0, 0.1) is 18.3 Å². The average molecular weight is 257 g/mol. The Morgan fingerprint density at radius 3 is 2.95 bits per heavy atom. The molecule has 2 aromatic rings. The number of pyridine rings is 1. The number of nitrogens with zero attached hydrogens (tertiary/aromatic N) is 4. The van der Waals surface area contributed by atoms with Crippen molar-refractivity contribution in [2.24, 2.45) is 0 Å². The van der Waals surface area contributed by atoms with Crippen LogP contribution >= 0.6 is 0 Å². The standard InChI is InChI=1S/C13H15N5O/c1-8(2)18-12-11(7-16-18)10(6-9(3)17-12)13(19)15-5-4-14/h6-8H,5H2,1-3H3,(H,15,19). The van der Waals surface area contributed by atoms with E-state index in [1.165, 1.54) is 0 Å². The van der Waals surface area contributed by atoms with Crippen LogP contribution in [-0.2, 0) is 0 Å². The van der Waals surface area contributed by atoms with Gasteiger partial charge in [0.25, 0.3) is 5.91 Å². The fourth-order valence-corrected chi connectivity index (χ4v) is 1.92. The molecular weight excluding hydrogens is 242 g/mol. The lowest BCUT2D eigenvalue weighted by Crippen LogP contribution is -2.24. The van der Waals surface area contributed by atoms with E-state index in [1.54, 1.807) is 16.9 Å². The second-order valence-electron chi connectivity index (χ2n) is 4.57. The number of aromatic nitrogens is 3. The first-order valence-corrected chi connectivity index (χ1v) is 6.04. The molecule has 0 aliphatic heterocycles. The van der Waals surface area contributed by atoms with Crippen molar-refractivity contribution < 1.29 is 4.79 Å². The number of fused-ring (bicyclic) bond motifs is 1. The van der Waals surface area contributed by atoms with E-state index < -0.39 is 0 Å². The molecule has 19 heavy (non-hydrogen) atoms. The second-order valence-corrected chi connectivity index (χ2v) is 4.57. The molecule has 0 aliphatic carbocycles. The van der Waals surface area contributed by atoms with Crippen molar-refractivity contribution in [1.29, 1.82) is 5.26 Å². The number of amides is 1. The molecule has 2 heterocycles. The molecule has 0 saturated heterocycles. The summed E-state index contributed by atoms with van der Waals surface area (Å²) in [6.45, 7) is 5.83. The average Bonchev–Trinajstić information content (AvgIpc) is 2.78. The van der Waals surface area contributed by atoms with Gasteiger partial charge in [-0.25, -0.2) is 9.67 Å². The van der Waals surface area contributed by atoms with Crippen LogP contribution in [0.5, 0.6) is 0 Å². The lowest BCUT2D eigenvalue weighted by atomic mass is 10.1. The Labute approximate surface area is 111 Å². The van der Waals surface area contributed by atoms with Crippen LogP contribution in [0.3, 0.4) is 0 Å². The smallest absolute Gasteiger partial charge is 0.252 e. The van der Waals surface area contributed by atoms with Gasteiger partial charge in [0, 0.05) is 11.7 Å². The number of carbonyl (C=O) groups is 1. The maximum absolute atomic E-state index is 12.0. The Hall–Kier alpha value is -2.42. The Bertz CT molecular complexity index is 665. The predicted octanol–water partition coefficient (Wildman–Crippen LogP) is 1.57. The van der Waals surface area contributed by atoms with E-state index in [0.29, 0.717) is 16.6 Å². The van der Waals surface area contributed by atoms with Crippen molar-refractivity contribution in [2.75, 3.05) is 6.54 Å². The van der Waals surface area contributed by atoms with Crippen LogP contribution < -0.4 is 5.32 Å². The van der Waals surface area contributed by atoms with Gasteiger partial charge in [-0.3, -0.25) is 4.79 Å². The van der Waals surface area contributed by atoms with Gasteiger partial charge >= 0.3 is 0 Å². The Balaban J connectivity index is 2.56. The first kappa shape index (κ1) is 13.0. The summed E-state index contributed by atoms with van der Waals surface area (Å²) in [5, 5.41) is 16.0. The molecule has 0 unspecified atom stereocenters. The zero-order chi connectivity index (χ0) is 14.0. The van der Waals surface area contributed by atoms with E-state index in [4.69, 9.17) is 5.26 Å². The molecule has 0 aromatic carbocycles. The maximum atomic E-state index is 12.0. The molecule has 6 nitrogen and oxygen atoms in total. The molecule has 1 N–H and O–H groups in total. The van der Waals surface area contributed by atoms with Crippen LogP contribution in [0.25, 0.3) is 11.0 Å². The fourth-order valence-electron chi connectivity index (χ4n) is 1.92. The summed E-state index contributed by atoms with van der Waals surface area (Å²) in [4.78, 5) is 16.5. The lowest BCUT2D eigenvalue weighted by Gasteiger charge is -2.08. The first-order valence-electron chi connectivity index (χ1n) is 6.04. The van der Waals surface area contributed by atoms with Crippen LogP contribution in [0.4, 0.5) is 0 Å². The van der Waals surface area contributed by atoms with Crippen LogP contribution in [0.2, 0.25) is 0 Å². The Morgan fingerprint density at radius 1 is 1.58 bits per heavy atom. The van der Waals surface area contributed by atoms with Crippen molar-refractivity contribution in [3.63, 3.8) is 0 Å². The molecule has 0 aliphatic rings. The third-order valence-electron chi connectivity index (χ3n) is 2.76.